The number of hydrogen-bond acceptors (Lipinski definition) is 5. The third-order valence-electron chi connectivity index (χ3n) is 4.60. The molecule has 1 aromatic heterocycles. The van der Waals surface area contributed by atoms with Gasteiger partial charge in [0.25, 0.3) is 0 Å². The summed E-state index contributed by atoms with van der Waals surface area (Å²) in [6, 6.07) is 18.2. The van der Waals surface area contributed by atoms with Gasteiger partial charge < -0.3 is 15.2 Å². The molecule has 1 heterocycles. The number of nitrogens with one attached hydrogen (secondary N) is 1. The fraction of sp³-hybridized carbons (Fsp3) is 0.348. The first-order valence-corrected chi connectivity index (χ1v) is 9.89. The molecule has 0 aliphatic carbocycles. The minimum atomic E-state index is -0.537. The van der Waals surface area contributed by atoms with Gasteiger partial charge in [0, 0.05) is 45.0 Å². The van der Waals surface area contributed by atoms with Crippen molar-refractivity contribution in [1.82, 2.24) is 20.0 Å². The van der Waals surface area contributed by atoms with Crippen molar-refractivity contribution in [3.63, 3.8) is 0 Å². The van der Waals surface area contributed by atoms with E-state index in [1.807, 2.05) is 69.0 Å². The molecule has 0 aliphatic heterocycles. The molecule has 29 heavy (non-hydrogen) atoms. The Hall–Kier alpha value is -2.67. The minimum Gasteiger partial charge on any atom is -0.491 e. The van der Waals surface area contributed by atoms with Crippen LogP contribution in [0.15, 0.2) is 67.0 Å². The van der Waals surface area contributed by atoms with Crippen LogP contribution in [0.4, 0.5) is 0 Å². The van der Waals surface area contributed by atoms with Gasteiger partial charge in [-0.25, -0.2) is 0 Å². The van der Waals surface area contributed by atoms with E-state index in [-0.39, 0.29) is 6.61 Å². The average molecular weight is 395 g/mol. The van der Waals surface area contributed by atoms with E-state index in [1.165, 1.54) is 16.7 Å². The standard InChI is InChI=1S/C23H30N4O2/c1-26(15-20-6-4-3-5-7-20)17-22(28)18-29-23-10-8-19(9-11-23)12-24-13-21-14-25-27(2)16-21/h3-11,14,16,22,24,28H,12-13,15,17-18H2,1-2H3. The van der Waals surface area contributed by atoms with Gasteiger partial charge in [0.1, 0.15) is 18.5 Å². The van der Waals surface area contributed by atoms with Gasteiger partial charge in [-0.1, -0.05) is 42.5 Å². The third kappa shape index (κ3) is 7.34. The van der Waals surface area contributed by atoms with Crippen LogP contribution in [-0.4, -0.2) is 46.1 Å². The number of aliphatic hydroxyl groups is 1. The number of aromatic nitrogens is 2. The Kier molecular flexibility index (Phi) is 7.81. The van der Waals surface area contributed by atoms with Crippen LogP contribution in [-0.2, 0) is 26.7 Å². The van der Waals surface area contributed by atoms with Crippen molar-refractivity contribution in [2.75, 3.05) is 20.2 Å². The van der Waals surface area contributed by atoms with Crippen LogP contribution in [0.2, 0.25) is 0 Å². The second-order valence-corrected chi connectivity index (χ2v) is 7.42. The molecule has 6 heteroatoms. The number of ether oxygens (including phenoxy) is 1. The molecule has 0 aliphatic rings. The minimum absolute atomic E-state index is 0.276. The first-order valence-electron chi connectivity index (χ1n) is 9.89. The Morgan fingerprint density at radius 2 is 1.76 bits per heavy atom. The molecule has 0 spiro atoms. The van der Waals surface area contributed by atoms with E-state index >= 15 is 0 Å². The lowest BCUT2D eigenvalue weighted by Crippen LogP contribution is -2.32. The van der Waals surface area contributed by atoms with Crippen molar-refractivity contribution >= 4 is 0 Å². The molecule has 154 valence electrons. The lowest BCUT2D eigenvalue weighted by atomic mass is 10.2. The smallest absolute Gasteiger partial charge is 0.119 e. The molecule has 0 saturated heterocycles. The summed E-state index contributed by atoms with van der Waals surface area (Å²) in [7, 11) is 3.92. The number of benzene rings is 2. The van der Waals surface area contributed by atoms with Gasteiger partial charge in [0.05, 0.1) is 6.20 Å². The third-order valence-corrected chi connectivity index (χ3v) is 4.60. The molecule has 0 bridgehead atoms. The second kappa shape index (κ2) is 10.8. The summed E-state index contributed by atoms with van der Waals surface area (Å²) < 4.78 is 7.54. The monoisotopic (exact) mass is 394 g/mol. The van der Waals surface area contributed by atoms with E-state index in [0.29, 0.717) is 6.54 Å². The Morgan fingerprint density at radius 1 is 1.03 bits per heavy atom. The first kappa shape index (κ1) is 21.0. The normalized spacial score (nSPS) is 12.3. The number of aliphatic hydroxyl groups excluding tert-OH is 1. The maximum absolute atomic E-state index is 10.3. The number of aryl methyl sites for hydroxylation is 1. The summed E-state index contributed by atoms with van der Waals surface area (Å²) in [5.74, 6) is 0.769. The molecule has 6 nitrogen and oxygen atoms in total. The molecule has 0 saturated carbocycles. The predicted molar refractivity (Wildman–Crippen MR) is 114 cm³/mol. The summed E-state index contributed by atoms with van der Waals surface area (Å²) >= 11 is 0. The maximum atomic E-state index is 10.3. The fourth-order valence-corrected chi connectivity index (χ4v) is 3.18. The lowest BCUT2D eigenvalue weighted by Gasteiger charge is -2.21. The van der Waals surface area contributed by atoms with Gasteiger partial charge in [0.2, 0.25) is 0 Å². The van der Waals surface area contributed by atoms with Crippen molar-refractivity contribution in [3.05, 3.63) is 83.7 Å². The molecule has 3 aromatic rings. The van der Waals surface area contributed by atoms with Crippen molar-refractivity contribution in [2.24, 2.45) is 7.05 Å². The van der Waals surface area contributed by atoms with Crippen LogP contribution in [0.3, 0.4) is 0 Å². The van der Waals surface area contributed by atoms with Gasteiger partial charge in [-0.3, -0.25) is 9.58 Å². The van der Waals surface area contributed by atoms with Crippen molar-refractivity contribution in [2.45, 2.75) is 25.7 Å². The highest BCUT2D eigenvalue weighted by Gasteiger charge is 2.10. The van der Waals surface area contributed by atoms with Crippen LogP contribution >= 0.6 is 0 Å². The molecular weight excluding hydrogens is 364 g/mol. The van der Waals surface area contributed by atoms with E-state index in [0.717, 1.165) is 25.4 Å². The Morgan fingerprint density at radius 3 is 2.45 bits per heavy atom. The number of hydrogen-bond donors (Lipinski definition) is 2. The molecule has 2 N–H and O–H groups in total. The van der Waals surface area contributed by atoms with E-state index in [1.54, 1.807) is 4.68 Å². The number of nitrogens with zero attached hydrogens (tertiary/aromatic N) is 3. The Bertz CT molecular complexity index is 849. The second-order valence-electron chi connectivity index (χ2n) is 7.42. The zero-order valence-corrected chi connectivity index (χ0v) is 17.2. The number of rotatable bonds is 11. The quantitative estimate of drug-likeness (QED) is 0.523. The zero-order valence-electron chi connectivity index (χ0n) is 17.2. The van der Waals surface area contributed by atoms with Gasteiger partial charge in [-0.05, 0) is 30.3 Å². The summed E-state index contributed by atoms with van der Waals surface area (Å²) in [4.78, 5) is 2.10. The van der Waals surface area contributed by atoms with Gasteiger partial charge in [-0.2, -0.15) is 5.10 Å². The lowest BCUT2D eigenvalue weighted by molar-refractivity contribution is 0.0744. The van der Waals surface area contributed by atoms with Crippen LogP contribution in [0.1, 0.15) is 16.7 Å². The molecular formula is C23H30N4O2. The van der Waals surface area contributed by atoms with E-state index < -0.39 is 6.10 Å². The Balaban J connectivity index is 1.35. The van der Waals surface area contributed by atoms with Crippen LogP contribution < -0.4 is 10.1 Å². The van der Waals surface area contributed by atoms with E-state index in [4.69, 9.17) is 4.74 Å². The maximum Gasteiger partial charge on any atom is 0.119 e. The molecule has 1 unspecified atom stereocenters. The van der Waals surface area contributed by atoms with Gasteiger partial charge >= 0.3 is 0 Å². The highest BCUT2D eigenvalue weighted by atomic mass is 16.5. The fourth-order valence-electron chi connectivity index (χ4n) is 3.18. The highest BCUT2D eigenvalue weighted by Crippen LogP contribution is 2.13. The molecule has 2 aromatic carbocycles. The van der Waals surface area contributed by atoms with Crippen LogP contribution in [0.25, 0.3) is 0 Å². The summed E-state index contributed by atoms with van der Waals surface area (Å²) in [6.45, 7) is 3.21. The summed E-state index contributed by atoms with van der Waals surface area (Å²) in [5.41, 5.74) is 3.58. The van der Waals surface area contributed by atoms with Crippen molar-refractivity contribution < 1.29 is 9.84 Å². The largest absolute Gasteiger partial charge is 0.491 e. The van der Waals surface area contributed by atoms with Crippen molar-refractivity contribution in [1.29, 1.82) is 0 Å². The van der Waals surface area contributed by atoms with E-state index in [9.17, 15) is 5.11 Å². The van der Waals surface area contributed by atoms with Crippen LogP contribution in [0, 0.1) is 0 Å². The first-order chi connectivity index (χ1) is 14.1. The Labute approximate surface area is 172 Å². The van der Waals surface area contributed by atoms with Crippen LogP contribution in [0.5, 0.6) is 5.75 Å². The predicted octanol–water partition coefficient (Wildman–Crippen LogP) is 2.58. The molecule has 1 atom stereocenters. The topological polar surface area (TPSA) is 62.6 Å². The van der Waals surface area contributed by atoms with Crippen molar-refractivity contribution in [3.8, 4) is 5.75 Å². The molecule has 0 amide bonds. The molecule has 0 fully saturated rings. The SMILES string of the molecule is CN(Cc1ccccc1)CC(O)COc1ccc(CNCc2cnn(C)c2)cc1. The number of likely N-dealkylation sites (N-methyl/N-ethyl adjacent to an activating group) is 1. The average Bonchev–Trinajstić information content (AvgIpc) is 3.13. The van der Waals surface area contributed by atoms with Gasteiger partial charge in [0.15, 0.2) is 0 Å². The zero-order chi connectivity index (χ0) is 20.5. The van der Waals surface area contributed by atoms with Gasteiger partial charge in [-0.15, -0.1) is 0 Å². The highest BCUT2D eigenvalue weighted by molar-refractivity contribution is 5.27. The summed E-state index contributed by atoms with van der Waals surface area (Å²) in [6.07, 6.45) is 3.34. The molecule has 0 radical (unpaired) electrons. The van der Waals surface area contributed by atoms with E-state index in [2.05, 4.69) is 27.4 Å². The molecule has 3 rings (SSSR count). The summed E-state index contributed by atoms with van der Waals surface area (Å²) in [5, 5.41) is 17.8.